The average Bonchev–Trinajstić information content (AvgIpc) is 3.07. The summed E-state index contributed by atoms with van der Waals surface area (Å²) in [5, 5.41) is 7.20. The standard InChI is InChI=1S/C20H18BrN3O2/c1-12-6-7-13(19-16-4-2-3-5-17(16)24-26-19)9-18(12)23-20(25)14-8-15(21)11-22-10-14/h6-11H,2-5H2,1H3,(H,23,25). The van der Waals surface area contributed by atoms with Gasteiger partial charge in [-0.05, 0) is 66.2 Å². The summed E-state index contributed by atoms with van der Waals surface area (Å²) < 4.78 is 6.39. The molecule has 1 aliphatic rings. The first-order valence-corrected chi connectivity index (χ1v) is 9.41. The number of anilines is 1. The van der Waals surface area contributed by atoms with E-state index in [0.29, 0.717) is 5.56 Å². The fourth-order valence-corrected chi connectivity index (χ4v) is 3.61. The van der Waals surface area contributed by atoms with Crippen LogP contribution in [0, 0.1) is 6.92 Å². The zero-order valence-corrected chi connectivity index (χ0v) is 16.0. The highest BCUT2D eigenvalue weighted by molar-refractivity contribution is 9.10. The molecule has 5 nitrogen and oxygen atoms in total. The Balaban J connectivity index is 1.65. The molecule has 1 N–H and O–H groups in total. The molecule has 6 heteroatoms. The van der Waals surface area contributed by atoms with Gasteiger partial charge in [0, 0.05) is 33.7 Å². The number of hydrogen-bond donors (Lipinski definition) is 1. The van der Waals surface area contributed by atoms with Crippen molar-refractivity contribution < 1.29 is 9.32 Å². The molecule has 0 atom stereocenters. The van der Waals surface area contributed by atoms with Crippen LogP contribution in [0.4, 0.5) is 5.69 Å². The Hall–Kier alpha value is -2.47. The first-order valence-electron chi connectivity index (χ1n) is 8.62. The van der Waals surface area contributed by atoms with Crippen LogP contribution in [0.5, 0.6) is 0 Å². The summed E-state index contributed by atoms with van der Waals surface area (Å²) in [5.74, 6) is 0.623. The van der Waals surface area contributed by atoms with E-state index in [0.717, 1.165) is 58.4 Å². The number of aryl methyl sites for hydroxylation is 2. The van der Waals surface area contributed by atoms with E-state index in [4.69, 9.17) is 4.52 Å². The van der Waals surface area contributed by atoms with Crippen LogP contribution >= 0.6 is 15.9 Å². The zero-order chi connectivity index (χ0) is 18.1. The van der Waals surface area contributed by atoms with Crippen molar-refractivity contribution in [2.75, 3.05) is 5.32 Å². The molecule has 3 aromatic rings. The van der Waals surface area contributed by atoms with Gasteiger partial charge in [0.05, 0.1) is 11.3 Å². The third-order valence-electron chi connectivity index (χ3n) is 4.67. The molecule has 1 aliphatic carbocycles. The van der Waals surface area contributed by atoms with Gasteiger partial charge in [0.25, 0.3) is 5.91 Å². The Bertz CT molecular complexity index is 981. The maximum absolute atomic E-state index is 12.5. The smallest absolute Gasteiger partial charge is 0.257 e. The van der Waals surface area contributed by atoms with E-state index >= 15 is 0 Å². The molecule has 1 aromatic carbocycles. The number of nitrogens with zero attached hydrogens (tertiary/aromatic N) is 2. The zero-order valence-electron chi connectivity index (χ0n) is 14.4. The lowest BCUT2D eigenvalue weighted by atomic mass is 9.93. The van der Waals surface area contributed by atoms with E-state index in [9.17, 15) is 4.79 Å². The quantitative estimate of drug-likeness (QED) is 0.662. The molecule has 0 radical (unpaired) electrons. The molecule has 2 aromatic heterocycles. The number of carbonyl (C=O) groups excluding carboxylic acids is 1. The van der Waals surface area contributed by atoms with Crippen LogP contribution in [-0.4, -0.2) is 16.0 Å². The minimum Gasteiger partial charge on any atom is -0.356 e. The molecule has 0 spiro atoms. The Kier molecular flexibility index (Phi) is 4.59. The summed E-state index contributed by atoms with van der Waals surface area (Å²) in [7, 11) is 0. The third kappa shape index (κ3) is 3.29. The number of hydrogen-bond acceptors (Lipinski definition) is 4. The van der Waals surface area contributed by atoms with Crippen LogP contribution in [-0.2, 0) is 12.8 Å². The lowest BCUT2D eigenvalue weighted by Crippen LogP contribution is -2.13. The molecule has 2 heterocycles. The van der Waals surface area contributed by atoms with E-state index in [1.165, 1.54) is 5.56 Å². The van der Waals surface area contributed by atoms with Gasteiger partial charge in [-0.1, -0.05) is 17.3 Å². The Labute approximate surface area is 159 Å². The van der Waals surface area contributed by atoms with Crippen molar-refractivity contribution in [2.45, 2.75) is 32.6 Å². The van der Waals surface area contributed by atoms with Crippen molar-refractivity contribution in [1.82, 2.24) is 10.1 Å². The van der Waals surface area contributed by atoms with Crippen LogP contribution in [0.1, 0.15) is 40.0 Å². The lowest BCUT2D eigenvalue weighted by molar-refractivity contribution is 0.102. The number of benzene rings is 1. The second kappa shape index (κ2) is 7.03. The molecule has 26 heavy (non-hydrogen) atoms. The number of amides is 1. The van der Waals surface area contributed by atoms with Crippen LogP contribution in [0.15, 0.2) is 45.7 Å². The first-order chi connectivity index (χ1) is 12.6. The topological polar surface area (TPSA) is 68.0 Å². The van der Waals surface area contributed by atoms with Gasteiger partial charge in [0.1, 0.15) is 0 Å². The number of pyridine rings is 1. The predicted molar refractivity (Wildman–Crippen MR) is 103 cm³/mol. The molecular formula is C20H18BrN3O2. The highest BCUT2D eigenvalue weighted by Crippen LogP contribution is 2.33. The van der Waals surface area contributed by atoms with E-state index in [1.54, 1.807) is 18.5 Å². The lowest BCUT2D eigenvalue weighted by Gasteiger charge is -2.12. The first kappa shape index (κ1) is 17.0. The van der Waals surface area contributed by atoms with Gasteiger partial charge in [-0.25, -0.2) is 0 Å². The fourth-order valence-electron chi connectivity index (χ4n) is 3.25. The molecule has 1 amide bonds. The summed E-state index contributed by atoms with van der Waals surface area (Å²) in [6.07, 6.45) is 7.49. The van der Waals surface area contributed by atoms with E-state index in [-0.39, 0.29) is 5.91 Å². The van der Waals surface area contributed by atoms with Gasteiger partial charge in [-0.15, -0.1) is 0 Å². The van der Waals surface area contributed by atoms with Gasteiger partial charge in [-0.2, -0.15) is 0 Å². The maximum Gasteiger partial charge on any atom is 0.257 e. The van der Waals surface area contributed by atoms with Gasteiger partial charge in [0.15, 0.2) is 5.76 Å². The number of fused-ring (bicyclic) bond motifs is 1. The number of nitrogens with one attached hydrogen (secondary N) is 1. The van der Waals surface area contributed by atoms with Gasteiger partial charge >= 0.3 is 0 Å². The minimum absolute atomic E-state index is 0.196. The molecule has 0 aliphatic heterocycles. The van der Waals surface area contributed by atoms with Crippen molar-refractivity contribution in [3.8, 4) is 11.3 Å². The SMILES string of the molecule is Cc1ccc(-c2onc3c2CCCC3)cc1NC(=O)c1cncc(Br)c1. The Morgan fingerprint density at radius 3 is 2.88 bits per heavy atom. The molecule has 0 bridgehead atoms. The maximum atomic E-state index is 12.5. The van der Waals surface area contributed by atoms with Gasteiger partial charge in [0.2, 0.25) is 0 Å². The summed E-state index contributed by atoms with van der Waals surface area (Å²) in [6, 6.07) is 7.70. The van der Waals surface area contributed by atoms with Crippen LogP contribution < -0.4 is 5.32 Å². The van der Waals surface area contributed by atoms with Gasteiger partial charge in [-0.3, -0.25) is 9.78 Å². The highest BCUT2D eigenvalue weighted by atomic mass is 79.9. The fraction of sp³-hybridized carbons (Fsp3) is 0.250. The van der Waals surface area contributed by atoms with Crippen molar-refractivity contribution in [3.05, 3.63) is 63.5 Å². The van der Waals surface area contributed by atoms with E-state index < -0.39 is 0 Å². The highest BCUT2D eigenvalue weighted by Gasteiger charge is 2.21. The number of aromatic nitrogens is 2. The van der Waals surface area contributed by atoms with E-state index in [1.807, 2.05) is 25.1 Å². The number of halogens is 1. The monoisotopic (exact) mass is 411 g/mol. The van der Waals surface area contributed by atoms with Crippen molar-refractivity contribution in [2.24, 2.45) is 0 Å². The van der Waals surface area contributed by atoms with E-state index in [2.05, 4.69) is 31.4 Å². The third-order valence-corrected chi connectivity index (χ3v) is 5.11. The van der Waals surface area contributed by atoms with Crippen molar-refractivity contribution in [3.63, 3.8) is 0 Å². The summed E-state index contributed by atoms with van der Waals surface area (Å²) in [5.41, 5.74) is 5.45. The molecule has 0 fully saturated rings. The largest absolute Gasteiger partial charge is 0.356 e. The molecule has 132 valence electrons. The van der Waals surface area contributed by atoms with Crippen LogP contribution in [0.3, 0.4) is 0 Å². The predicted octanol–water partition coefficient (Wildman–Crippen LogP) is 4.94. The minimum atomic E-state index is -0.196. The molecule has 0 saturated heterocycles. The normalized spacial score (nSPS) is 13.3. The second-order valence-corrected chi connectivity index (χ2v) is 7.44. The molecule has 0 saturated carbocycles. The van der Waals surface area contributed by atoms with Crippen molar-refractivity contribution in [1.29, 1.82) is 0 Å². The Morgan fingerprint density at radius 2 is 2.04 bits per heavy atom. The van der Waals surface area contributed by atoms with Crippen molar-refractivity contribution >= 4 is 27.5 Å². The van der Waals surface area contributed by atoms with Crippen LogP contribution in [0.2, 0.25) is 0 Å². The van der Waals surface area contributed by atoms with Crippen LogP contribution in [0.25, 0.3) is 11.3 Å². The molecule has 4 rings (SSSR count). The summed E-state index contributed by atoms with van der Waals surface area (Å²) in [4.78, 5) is 16.6. The number of rotatable bonds is 3. The second-order valence-electron chi connectivity index (χ2n) is 6.52. The molecule has 0 unspecified atom stereocenters. The Morgan fingerprint density at radius 1 is 1.19 bits per heavy atom. The van der Waals surface area contributed by atoms with Gasteiger partial charge < -0.3 is 9.84 Å². The summed E-state index contributed by atoms with van der Waals surface area (Å²) in [6.45, 7) is 1.97. The summed E-state index contributed by atoms with van der Waals surface area (Å²) >= 11 is 3.34. The average molecular weight is 412 g/mol. The molecular weight excluding hydrogens is 394 g/mol. The number of carbonyl (C=O) groups is 1.